The van der Waals surface area contributed by atoms with Gasteiger partial charge in [0.1, 0.15) is 0 Å². The summed E-state index contributed by atoms with van der Waals surface area (Å²) in [5.41, 5.74) is 1.81. The molecule has 1 fully saturated rings. The molecule has 1 aliphatic rings. The van der Waals surface area contributed by atoms with Crippen LogP contribution in [0.4, 0.5) is 5.69 Å². The summed E-state index contributed by atoms with van der Waals surface area (Å²) < 4.78 is 5.33. The van der Waals surface area contributed by atoms with Gasteiger partial charge < -0.3 is 20.1 Å². The third kappa shape index (κ3) is 4.43. The number of aliphatic hydroxyl groups is 1. The largest absolute Gasteiger partial charge is 0.388 e. The fourth-order valence-electron chi connectivity index (χ4n) is 2.88. The van der Waals surface area contributed by atoms with Gasteiger partial charge in [0, 0.05) is 51.4 Å². The van der Waals surface area contributed by atoms with Gasteiger partial charge in [-0.25, -0.2) is 0 Å². The van der Waals surface area contributed by atoms with E-state index in [1.165, 1.54) is 5.56 Å². The Kier molecular flexibility index (Phi) is 5.62. The van der Waals surface area contributed by atoms with Crippen molar-refractivity contribution in [1.82, 2.24) is 5.32 Å². The molecule has 1 atom stereocenters. The van der Waals surface area contributed by atoms with Crippen LogP contribution < -0.4 is 10.2 Å². The monoisotopic (exact) mass is 292 g/mol. The zero-order chi connectivity index (χ0) is 15.3. The van der Waals surface area contributed by atoms with Crippen molar-refractivity contribution in [2.45, 2.75) is 38.3 Å². The van der Waals surface area contributed by atoms with Gasteiger partial charge >= 0.3 is 0 Å². The van der Waals surface area contributed by atoms with Crippen LogP contribution in [0.25, 0.3) is 0 Å². The van der Waals surface area contributed by atoms with Crippen molar-refractivity contribution < 1.29 is 9.84 Å². The number of rotatable bonds is 6. The molecule has 0 saturated carbocycles. The van der Waals surface area contributed by atoms with E-state index in [-0.39, 0.29) is 0 Å². The van der Waals surface area contributed by atoms with Crippen LogP contribution in [0.2, 0.25) is 0 Å². The van der Waals surface area contributed by atoms with E-state index in [1.54, 1.807) is 0 Å². The molecule has 1 heterocycles. The Labute approximate surface area is 128 Å². The Hall–Kier alpha value is -1.10. The van der Waals surface area contributed by atoms with E-state index in [2.05, 4.69) is 48.3 Å². The number of nitrogens with one attached hydrogen (secondary N) is 1. The summed E-state index contributed by atoms with van der Waals surface area (Å²) >= 11 is 0. The SMILES string of the molecule is CCNC(C)c1ccc(N(C)CC2(O)CCOCC2)cc1. The van der Waals surface area contributed by atoms with E-state index in [9.17, 15) is 5.11 Å². The van der Waals surface area contributed by atoms with E-state index in [1.807, 2.05) is 7.05 Å². The lowest BCUT2D eigenvalue weighted by Gasteiger charge is -2.36. The lowest BCUT2D eigenvalue weighted by atomic mass is 9.93. The Morgan fingerprint density at radius 3 is 2.48 bits per heavy atom. The maximum Gasteiger partial charge on any atom is 0.0865 e. The van der Waals surface area contributed by atoms with Crippen molar-refractivity contribution in [1.29, 1.82) is 0 Å². The predicted molar refractivity (Wildman–Crippen MR) is 86.8 cm³/mol. The Bertz CT molecular complexity index is 427. The van der Waals surface area contributed by atoms with Gasteiger partial charge in [-0.1, -0.05) is 19.1 Å². The summed E-state index contributed by atoms with van der Waals surface area (Å²) in [6.07, 6.45) is 1.43. The lowest BCUT2D eigenvalue weighted by molar-refractivity contribution is -0.0572. The van der Waals surface area contributed by atoms with Gasteiger partial charge in [-0.15, -0.1) is 0 Å². The second-order valence-electron chi connectivity index (χ2n) is 6.06. The van der Waals surface area contributed by atoms with Crippen LogP contribution in [-0.2, 0) is 4.74 Å². The van der Waals surface area contributed by atoms with E-state index < -0.39 is 5.60 Å². The topological polar surface area (TPSA) is 44.7 Å². The van der Waals surface area contributed by atoms with Crippen LogP contribution in [0.15, 0.2) is 24.3 Å². The third-order valence-corrected chi connectivity index (χ3v) is 4.30. The molecule has 0 bridgehead atoms. The molecule has 2 rings (SSSR count). The highest BCUT2D eigenvalue weighted by molar-refractivity contribution is 5.47. The molecule has 21 heavy (non-hydrogen) atoms. The Balaban J connectivity index is 1.97. The summed E-state index contributed by atoms with van der Waals surface area (Å²) in [7, 11) is 2.04. The van der Waals surface area contributed by atoms with Crippen molar-refractivity contribution >= 4 is 5.69 Å². The number of ether oxygens (including phenoxy) is 1. The molecule has 0 spiro atoms. The fourth-order valence-corrected chi connectivity index (χ4v) is 2.88. The molecule has 1 aromatic rings. The summed E-state index contributed by atoms with van der Waals surface area (Å²) in [5.74, 6) is 0. The fraction of sp³-hybridized carbons (Fsp3) is 0.647. The van der Waals surface area contributed by atoms with Crippen molar-refractivity contribution in [2.75, 3.05) is 38.3 Å². The smallest absolute Gasteiger partial charge is 0.0865 e. The van der Waals surface area contributed by atoms with Gasteiger partial charge in [0.25, 0.3) is 0 Å². The van der Waals surface area contributed by atoms with Gasteiger partial charge in [-0.3, -0.25) is 0 Å². The zero-order valence-electron chi connectivity index (χ0n) is 13.4. The van der Waals surface area contributed by atoms with Crippen LogP contribution >= 0.6 is 0 Å². The van der Waals surface area contributed by atoms with E-state index >= 15 is 0 Å². The molecule has 118 valence electrons. The molecule has 2 N–H and O–H groups in total. The molecule has 4 heteroatoms. The minimum atomic E-state index is -0.622. The molecular formula is C17H28N2O2. The molecule has 0 aliphatic carbocycles. The maximum absolute atomic E-state index is 10.6. The molecule has 0 amide bonds. The standard InChI is InChI=1S/C17H28N2O2/c1-4-18-14(2)15-5-7-16(8-6-15)19(3)13-17(20)9-11-21-12-10-17/h5-8,14,18,20H,4,9-13H2,1-3H3. The number of benzene rings is 1. The van der Waals surface area contributed by atoms with Gasteiger partial charge in [0.2, 0.25) is 0 Å². The summed E-state index contributed by atoms with van der Waals surface area (Å²) in [5, 5.41) is 14.0. The van der Waals surface area contributed by atoms with Crippen molar-refractivity contribution in [3.05, 3.63) is 29.8 Å². The van der Waals surface area contributed by atoms with Crippen LogP contribution in [0.1, 0.15) is 38.3 Å². The quantitative estimate of drug-likeness (QED) is 0.845. The van der Waals surface area contributed by atoms with Crippen LogP contribution in [0.3, 0.4) is 0 Å². The molecule has 4 nitrogen and oxygen atoms in total. The minimum absolute atomic E-state index is 0.369. The Morgan fingerprint density at radius 1 is 1.29 bits per heavy atom. The van der Waals surface area contributed by atoms with Crippen LogP contribution in [0.5, 0.6) is 0 Å². The third-order valence-electron chi connectivity index (χ3n) is 4.30. The zero-order valence-corrected chi connectivity index (χ0v) is 13.4. The molecule has 1 saturated heterocycles. The number of anilines is 1. The summed E-state index contributed by atoms with van der Waals surface area (Å²) in [6.45, 7) is 7.23. The number of hydrogen-bond acceptors (Lipinski definition) is 4. The highest BCUT2D eigenvalue weighted by Gasteiger charge is 2.31. The number of hydrogen-bond donors (Lipinski definition) is 2. The maximum atomic E-state index is 10.6. The number of likely N-dealkylation sites (N-methyl/N-ethyl adjacent to an activating group) is 1. The first-order chi connectivity index (χ1) is 10.0. The Morgan fingerprint density at radius 2 is 1.90 bits per heavy atom. The highest BCUT2D eigenvalue weighted by atomic mass is 16.5. The van der Waals surface area contributed by atoms with Gasteiger partial charge in [-0.05, 0) is 31.2 Å². The van der Waals surface area contributed by atoms with Gasteiger partial charge in [0.15, 0.2) is 0 Å². The summed E-state index contributed by atoms with van der Waals surface area (Å²) in [6, 6.07) is 8.95. The first-order valence-corrected chi connectivity index (χ1v) is 7.89. The summed E-state index contributed by atoms with van der Waals surface area (Å²) in [4.78, 5) is 2.13. The normalized spacial score (nSPS) is 19.2. The first kappa shape index (κ1) is 16.3. The average Bonchev–Trinajstić information content (AvgIpc) is 2.48. The highest BCUT2D eigenvalue weighted by Crippen LogP contribution is 2.25. The van der Waals surface area contributed by atoms with Crippen molar-refractivity contribution in [3.8, 4) is 0 Å². The molecule has 1 unspecified atom stereocenters. The van der Waals surface area contributed by atoms with Gasteiger partial charge in [-0.2, -0.15) is 0 Å². The number of nitrogens with zero attached hydrogens (tertiary/aromatic N) is 1. The molecule has 1 aromatic carbocycles. The first-order valence-electron chi connectivity index (χ1n) is 7.89. The minimum Gasteiger partial charge on any atom is -0.388 e. The molecule has 0 radical (unpaired) electrons. The van der Waals surface area contributed by atoms with Crippen LogP contribution in [0, 0.1) is 0 Å². The van der Waals surface area contributed by atoms with Crippen molar-refractivity contribution in [2.24, 2.45) is 0 Å². The molecule has 0 aromatic heterocycles. The average molecular weight is 292 g/mol. The second kappa shape index (κ2) is 7.25. The van der Waals surface area contributed by atoms with Crippen molar-refractivity contribution in [3.63, 3.8) is 0 Å². The van der Waals surface area contributed by atoms with E-state index in [0.29, 0.717) is 38.6 Å². The van der Waals surface area contributed by atoms with E-state index in [4.69, 9.17) is 4.74 Å². The molecule has 1 aliphatic heterocycles. The van der Waals surface area contributed by atoms with E-state index in [0.717, 1.165) is 12.2 Å². The second-order valence-corrected chi connectivity index (χ2v) is 6.06. The van der Waals surface area contributed by atoms with Gasteiger partial charge in [0.05, 0.1) is 5.60 Å². The lowest BCUT2D eigenvalue weighted by Crippen LogP contribution is -2.45. The predicted octanol–water partition coefficient (Wildman–Crippen LogP) is 2.33. The van der Waals surface area contributed by atoms with Crippen LogP contribution in [-0.4, -0.2) is 44.1 Å². The molecular weight excluding hydrogens is 264 g/mol.